The number of likely N-dealkylation sites (tertiary alicyclic amines) is 1. The molecule has 1 fully saturated rings. The van der Waals surface area contributed by atoms with Gasteiger partial charge in [-0.3, -0.25) is 9.62 Å². The monoisotopic (exact) mass is 401 g/mol. The van der Waals surface area contributed by atoms with Crippen molar-refractivity contribution in [2.45, 2.75) is 43.9 Å². The van der Waals surface area contributed by atoms with Crippen LogP contribution in [0.3, 0.4) is 0 Å². The van der Waals surface area contributed by atoms with Crippen molar-refractivity contribution in [3.8, 4) is 11.8 Å². The van der Waals surface area contributed by atoms with E-state index >= 15 is 0 Å². The Morgan fingerprint density at radius 2 is 2.07 bits per heavy atom. The van der Waals surface area contributed by atoms with Gasteiger partial charge in [0.25, 0.3) is 0 Å². The topological polar surface area (TPSA) is 48.3 Å². The normalized spacial score (nSPS) is 17.2. The fraction of sp³-hybridized carbons (Fsp3) is 0.381. The third-order valence-corrected chi connectivity index (χ3v) is 5.65. The number of hydrogen-bond acceptors (Lipinski definition) is 5. The van der Waals surface area contributed by atoms with Gasteiger partial charge < -0.3 is 4.74 Å². The number of nitriles is 1. The van der Waals surface area contributed by atoms with Crippen LogP contribution in [-0.2, 0) is 6.54 Å². The van der Waals surface area contributed by atoms with Gasteiger partial charge in [-0.1, -0.05) is 23.7 Å². The molecule has 1 N–H and O–H groups in total. The summed E-state index contributed by atoms with van der Waals surface area (Å²) < 4.78 is 9.22. The fourth-order valence-corrected chi connectivity index (χ4v) is 4.05. The second kappa shape index (κ2) is 9.48. The van der Waals surface area contributed by atoms with Gasteiger partial charge in [0.05, 0.1) is 16.7 Å². The van der Waals surface area contributed by atoms with Crippen LogP contribution in [0.2, 0.25) is 5.02 Å². The molecule has 0 saturated carbocycles. The average molecular weight is 402 g/mol. The molecule has 1 saturated heterocycles. The predicted octanol–water partition coefficient (Wildman–Crippen LogP) is 4.87. The molecule has 6 heteroatoms. The first-order valence-corrected chi connectivity index (χ1v) is 10.3. The van der Waals surface area contributed by atoms with E-state index in [4.69, 9.17) is 21.6 Å². The highest BCUT2D eigenvalue weighted by Crippen LogP contribution is 2.24. The number of rotatable bonds is 7. The Labute approximate surface area is 170 Å². The van der Waals surface area contributed by atoms with Gasteiger partial charge in [0.2, 0.25) is 0 Å². The number of ether oxygens (including phenoxy) is 1. The Kier molecular flexibility index (Phi) is 7.03. The Morgan fingerprint density at radius 3 is 2.78 bits per heavy atom. The van der Waals surface area contributed by atoms with Gasteiger partial charge in [-0.05, 0) is 68.1 Å². The first-order valence-electron chi connectivity index (χ1n) is 9.13. The molecule has 1 heterocycles. The molecule has 0 aliphatic carbocycles. The number of hydrogen-bond donors (Lipinski definition) is 1. The Balaban J connectivity index is 1.47. The summed E-state index contributed by atoms with van der Waals surface area (Å²) >= 11 is 7.56. The Morgan fingerprint density at radius 1 is 1.30 bits per heavy atom. The zero-order chi connectivity index (χ0) is 19.2. The van der Waals surface area contributed by atoms with Crippen LogP contribution in [0.1, 0.15) is 31.4 Å². The molecule has 3 rings (SSSR count). The van der Waals surface area contributed by atoms with Crippen molar-refractivity contribution in [2.24, 2.45) is 0 Å². The molecule has 1 unspecified atom stereocenters. The second-order valence-corrected chi connectivity index (χ2v) is 8.32. The first kappa shape index (κ1) is 20.0. The van der Waals surface area contributed by atoms with E-state index in [9.17, 15) is 0 Å². The van der Waals surface area contributed by atoms with Crippen LogP contribution < -0.4 is 9.46 Å². The second-order valence-electron chi connectivity index (χ2n) is 7.00. The van der Waals surface area contributed by atoms with Gasteiger partial charge >= 0.3 is 0 Å². The van der Waals surface area contributed by atoms with E-state index in [1.807, 2.05) is 38.1 Å². The maximum atomic E-state index is 9.08. The Hall–Kier alpha value is -1.71. The quantitative estimate of drug-likeness (QED) is 0.670. The van der Waals surface area contributed by atoms with Crippen molar-refractivity contribution in [2.75, 3.05) is 13.1 Å². The third-order valence-electron chi connectivity index (χ3n) is 4.38. The Bertz CT molecular complexity index is 804. The van der Waals surface area contributed by atoms with Crippen LogP contribution in [0.25, 0.3) is 0 Å². The van der Waals surface area contributed by atoms with Crippen molar-refractivity contribution in [3.05, 3.63) is 58.6 Å². The minimum atomic E-state index is 0.198. The smallest absolute Gasteiger partial charge is 0.119 e. The number of benzene rings is 2. The van der Waals surface area contributed by atoms with Gasteiger partial charge in [0.1, 0.15) is 11.8 Å². The molecule has 1 aliphatic heterocycles. The molecule has 2 aromatic carbocycles. The van der Waals surface area contributed by atoms with Crippen LogP contribution in [0.5, 0.6) is 5.75 Å². The summed E-state index contributed by atoms with van der Waals surface area (Å²) in [7, 11) is 0. The van der Waals surface area contributed by atoms with E-state index < -0.39 is 0 Å². The molecule has 0 radical (unpaired) electrons. The first-order chi connectivity index (χ1) is 13.0. The van der Waals surface area contributed by atoms with Crippen LogP contribution in [0.15, 0.2) is 47.4 Å². The lowest BCUT2D eigenvalue weighted by Crippen LogP contribution is -2.28. The average Bonchev–Trinajstić information content (AvgIpc) is 3.09. The minimum Gasteiger partial charge on any atom is -0.491 e. The number of nitrogens with zero attached hydrogens (tertiary/aromatic N) is 2. The zero-order valence-electron chi connectivity index (χ0n) is 15.6. The largest absolute Gasteiger partial charge is 0.491 e. The molecule has 0 spiro atoms. The number of nitrogens with one attached hydrogen (secondary N) is 1. The van der Waals surface area contributed by atoms with Crippen LogP contribution >= 0.6 is 23.5 Å². The molecular weight excluding hydrogens is 378 g/mol. The summed E-state index contributed by atoms with van der Waals surface area (Å²) in [5.41, 5.74) is 1.82. The van der Waals surface area contributed by atoms with E-state index in [2.05, 4.69) is 27.8 Å². The van der Waals surface area contributed by atoms with Crippen molar-refractivity contribution in [1.82, 2.24) is 9.62 Å². The van der Waals surface area contributed by atoms with Crippen molar-refractivity contribution >= 4 is 23.5 Å². The molecule has 27 heavy (non-hydrogen) atoms. The van der Waals surface area contributed by atoms with Gasteiger partial charge in [0, 0.05) is 30.6 Å². The zero-order valence-corrected chi connectivity index (χ0v) is 17.2. The third kappa shape index (κ3) is 5.88. The van der Waals surface area contributed by atoms with Crippen molar-refractivity contribution < 1.29 is 4.74 Å². The SMILES string of the molecule is CC(C)Oc1ccc(CN2CCC(NSc3ccc(Cl)c(C#N)c3)C2)cc1. The highest BCUT2D eigenvalue weighted by atomic mass is 35.5. The summed E-state index contributed by atoms with van der Waals surface area (Å²) in [6.07, 6.45) is 1.31. The van der Waals surface area contributed by atoms with E-state index in [1.54, 1.807) is 18.0 Å². The highest BCUT2D eigenvalue weighted by molar-refractivity contribution is 7.97. The summed E-state index contributed by atoms with van der Waals surface area (Å²) in [6.45, 7) is 7.11. The van der Waals surface area contributed by atoms with Gasteiger partial charge in [0.15, 0.2) is 0 Å². The molecule has 1 aliphatic rings. The molecule has 1 atom stereocenters. The lowest BCUT2D eigenvalue weighted by Gasteiger charge is -2.17. The van der Waals surface area contributed by atoms with Crippen LogP contribution in [0, 0.1) is 11.3 Å². The maximum absolute atomic E-state index is 9.08. The van der Waals surface area contributed by atoms with E-state index in [-0.39, 0.29) is 6.10 Å². The van der Waals surface area contributed by atoms with Crippen molar-refractivity contribution in [3.63, 3.8) is 0 Å². The van der Waals surface area contributed by atoms with E-state index in [0.717, 1.165) is 36.7 Å². The molecule has 142 valence electrons. The number of halogens is 1. The molecule has 0 aromatic heterocycles. The van der Waals surface area contributed by atoms with Gasteiger partial charge in [-0.25, -0.2) is 0 Å². The standard InChI is InChI=1S/C21H24ClN3OS/c1-15(2)26-19-5-3-16(4-6-19)13-25-10-9-18(14-25)24-27-20-7-8-21(22)17(11-20)12-23/h3-8,11,15,18,24H,9-10,13-14H2,1-2H3. The summed E-state index contributed by atoms with van der Waals surface area (Å²) in [4.78, 5) is 3.47. The van der Waals surface area contributed by atoms with Crippen LogP contribution in [0.4, 0.5) is 0 Å². The molecule has 0 amide bonds. The molecule has 4 nitrogen and oxygen atoms in total. The van der Waals surface area contributed by atoms with Crippen molar-refractivity contribution in [1.29, 1.82) is 5.26 Å². The van der Waals surface area contributed by atoms with Crippen LogP contribution in [-0.4, -0.2) is 30.1 Å². The molecular formula is C21H24ClN3OS. The predicted molar refractivity (Wildman–Crippen MR) is 111 cm³/mol. The van der Waals surface area contributed by atoms with Gasteiger partial charge in [-0.15, -0.1) is 0 Å². The summed E-state index contributed by atoms with van der Waals surface area (Å²) in [6, 6.07) is 16.5. The lowest BCUT2D eigenvalue weighted by atomic mass is 10.2. The fourth-order valence-electron chi connectivity index (χ4n) is 3.08. The highest BCUT2D eigenvalue weighted by Gasteiger charge is 2.22. The summed E-state index contributed by atoms with van der Waals surface area (Å²) in [5.74, 6) is 0.922. The lowest BCUT2D eigenvalue weighted by molar-refractivity contribution is 0.242. The van der Waals surface area contributed by atoms with E-state index in [1.165, 1.54) is 5.56 Å². The minimum absolute atomic E-state index is 0.198. The molecule has 2 aromatic rings. The summed E-state index contributed by atoms with van der Waals surface area (Å²) in [5, 5.41) is 9.58. The van der Waals surface area contributed by atoms with E-state index in [0.29, 0.717) is 16.6 Å². The van der Waals surface area contributed by atoms with Gasteiger partial charge in [-0.2, -0.15) is 5.26 Å². The molecule has 0 bridgehead atoms. The maximum Gasteiger partial charge on any atom is 0.119 e.